The second-order valence-corrected chi connectivity index (χ2v) is 6.98. The average Bonchev–Trinajstić information content (AvgIpc) is 2.63. The number of carbonyl (C=O) groups is 1. The molecule has 1 heterocycles. The molecule has 1 aliphatic rings. The Kier molecular flexibility index (Phi) is 6.01. The highest BCUT2D eigenvalue weighted by Gasteiger charge is 2.16. The van der Waals surface area contributed by atoms with Crippen LogP contribution in [0.15, 0.2) is 48.5 Å². The summed E-state index contributed by atoms with van der Waals surface area (Å²) in [5, 5.41) is 3.47. The second-order valence-electron chi connectivity index (χ2n) is 6.54. The third-order valence-corrected chi connectivity index (χ3v) is 4.72. The maximum atomic E-state index is 12.3. The molecule has 2 aromatic carbocycles. The van der Waals surface area contributed by atoms with Crippen LogP contribution >= 0.6 is 11.6 Å². The molecule has 0 bridgehead atoms. The maximum Gasteiger partial charge on any atom is 0.265 e. The summed E-state index contributed by atoms with van der Waals surface area (Å²) in [6.45, 7) is 5.89. The number of hydrogen-bond acceptors (Lipinski definition) is 4. The van der Waals surface area contributed by atoms with Gasteiger partial charge in [0.1, 0.15) is 5.75 Å². The minimum absolute atomic E-state index is 0.197. The number of likely N-dealkylation sites (N-methyl/N-ethyl adjacent to an activating group) is 1. The topological polar surface area (TPSA) is 44.8 Å². The zero-order chi connectivity index (χ0) is 18.5. The number of hydrogen-bond donors (Lipinski definition) is 1. The number of anilines is 2. The number of nitrogens with zero attached hydrogens (tertiary/aromatic N) is 2. The predicted octanol–water partition coefficient (Wildman–Crippen LogP) is 3.50. The zero-order valence-electron chi connectivity index (χ0n) is 15.1. The van der Waals surface area contributed by atoms with E-state index in [-0.39, 0.29) is 5.91 Å². The summed E-state index contributed by atoms with van der Waals surface area (Å²) >= 11 is 5.94. The molecule has 0 spiro atoms. The molecule has 1 saturated heterocycles. The first-order valence-electron chi connectivity index (χ1n) is 8.78. The van der Waals surface area contributed by atoms with E-state index < -0.39 is 6.10 Å². The summed E-state index contributed by atoms with van der Waals surface area (Å²) in [6.07, 6.45) is -0.620. The van der Waals surface area contributed by atoms with Crippen LogP contribution in [0.4, 0.5) is 11.4 Å². The Hall–Kier alpha value is -2.24. The third-order valence-electron chi connectivity index (χ3n) is 4.48. The molecule has 1 aliphatic heterocycles. The van der Waals surface area contributed by atoms with Crippen molar-refractivity contribution in [2.75, 3.05) is 43.4 Å². The number of piperazine rings is 1. The first-order chi connectivity index (χ1) is 12.5. The Morgan fingerprint density at radius 1 is 1.12 bits per heavy atom. The summed E-state index contributed by atoms with van der Waals surface area (Å²) in [6, 6.07) is 15.0. The molecule has 1 N–H and O–H groups in total. The Bertz CT molecular complexity index is 743. The fraction of sp³-hybridized carbons (Fsp3) is 0.350. The monoisotopic (exact) mass is 373 g/mol. The minimum atomic E-state index is -0.620. The Labute approximate surface area is 159 Å². The highest BCUT2D eigenvalue weighted by atomic mass is 35.5. The summed E-state index contributed by atoms with van der Waals surface area (Å²) < 4.78 is 5.65. The van der Waals surface area contributed by atoms with E-state index in [0.29, 0.717) is 10.8 Å². The van der Waals surface area contributed by atoms with Crippen molar-refractivity contribution in [3.05, 3.63) is 53.6 Å². The fourth-order valence-electron chi connectivity index (χ4n) is 2.86. The van der Waals surface area contributed by atoms with Gasteiger partial charge in [-0.25, -0.2) is 0 Å². The molecule has 1 unspecified atom stereocenters. The van der Waals surface area contributed by atoms with Crippen molar-refractivity contribution in [3.8, 4) is 5.75 Å². The van der Waals surface area contributed by atoms with E-state index in [1.807, 2.05) is 24.3 Å². The van der Waals surface area contributed by atoms with E-state index in [4.69, 9.17) is 16.3 Å². The normalized spacial score (nSPS) is 16.2. The van der Waals surface area contributed by atoms with Gasteiger partial charge in [-0.15, -0.1) is 0 Å². The molecular formula is C20H24ClN3O2. The average molecular weight is 374 g/mol. The van der Waals surface area contributed by atoms with E-state index in [0.717, 1.165) is 31.9 Å². The summed E-state index contributed by atoms with van der Waals surface area (Å²) in [7, 11) is 2.14. The molecule has 138 valence electrons. The van der Waals surface area contributed by atoms with Crippen LogP contribution in [0, 0.1) is 0 Å². The van der Waals surface area contributed by atoms with Crippen molar-refractivity contribution in [1.29, 1.82) is 0 Å². The number of rotatable bonds is 5. The van der Waals surface area contributed by atoms with E-state index in [2.05, 4.69) is 22.2 Å². The van der Waals surface area contributed by atoms with Crippen molar-refractivity contribution in [3.63, 3.8) is 0 Å². The van der Waals surface area contributed by atoms with Crippen LogP contribution in [-0.2, 0) is 4.79 Å². The summed E-state index contributed by atoms with van der Waals surface area (Å²) in [5.74, 6) is 0.378. The first-order valence-corrected chi connectivity index (χ1v) is 9.16. The van der Waals surface area contributed by atoms with Crippen LogP contribution in [0.1, 0.15) is 6.92 Å². The molecule has 0 aliphatic carbocycles. The van der Waals surface area contributed by atoms with Gasteiger partial charge in [0, 0.05) is 42.6 Å². The van der Waals surface area contributed by atoms with Crippen molar-refractivity contribution in [2.24, 2.45) is 0 Å². The van der Waals surface area contributed by atoms with Gasteiger partial charge in [-0.3, -0.25) is 4.79 Å². The van der Waals surface area contributed by atoms with E-state index in [9.17, 15) is 4.79 Å². The molecule has 1 fully saturated rings. The van der Waals surface area contributed by atoms with E-state index in [1.54, 1.807) is 31.2 Å². The molecular weight excluding hydrogens is 350 g/mol. The van der Waals surface area contributed by atoms with Gasteiger partial charge in [-0.2, -0.15) is 0 Å². The van der Waals surface area contributed by atoms with E-state index >= 15 is 0 Å². The lowest BCUT2D eigenvalue weighted by Crippen LogP contribution is -2.44. The Morgan fingerprint density at radius 2 is 1.81 bits per heavy atom. The number of carbonyl (C=O) groups excluding carboxylic acids is 1. The van der Waals surface area contributed by atoms with Gasteiger partial charge in [-0.05, 0) is 56.4 Å². The largest absolute Gasteiger partial charge is 0.481 e. The maximum absolute atomic E-state index is 12.3. The van der Waals surface area contributed by atoms with Crippen LogP contribution in [-0.4, -0.2) is 50.1 Å². The Balaban J connectivity index is 1.55. The van der Waals surface area contributed by atoms with Gasteiger partial charge in [0.05, 0.1) is 0 Å². The molecule has 0 aromatic heterocycles. The highest BCUT2D eigenvalue weighted by Crippen LogP contribution is 2.21. The lowest BCUT2D eigenvalue weighted by Gasteiger charge is -2.34. The van der Waals surface area contributed by atoms with Gasteiger partial charge in [0.15, 0.2) is 6.10 Å². The number of ether oxygens (including phenoxy) is 1. The fourth-order valence-corrected chi connectivity index (χ4v) is 3.04. The minimum Gasteiger partial charge on any atom is -0.481 e. The molecule has 1 atom stereocenters. The number of nitrogens with one attached hydrogen (secondary N) is 1. The molecule has 3 rings (SSSR count). The van der Waals surface area contributed by atoms with Gasteiger partial charge < -0.3 is 19.9 Å². The van der Waals surface area contributed by atoms with Crippen LogP contribution in [0.25, 0.3) is 0 Å². The van der Waals surface area contributed by atoms with Crippen LogP contribution in [0.3, 0.4) is 0 Å². The third kappa shape index (κ3) is 4.90. The smallest absolute Gasteiger partial charge is 0.265 e. The first kappa shape index (κ1) is 18.5. The van der Waals surface area contributed by atoms with Crippen LogP contribution in [0.2, 0.25) is 5.02 Å². The standard InChI is InChI=1S/C20H24ClN3O2/c1-15(26-19-5-3-4-16(21)14-19)20(25)22-17-6-8-18(9-7-17)24-12-10-23(2)11-13-24/h3-9,14-15H,10-13H2,1-2H3,(H,22,25). The molecule has 1 amide bonds. The van der Waals surface area contributed by atoms with Crippen molar-refractivity contribution in [1.82, 2.24) is 4.90 Å². The lowest BCUT2D eigenvalue weighted by atomic mass is 10.2. The van der Waals surface area contributed by atoms with Crippen LogP contribution < -0.4 is 15.0 Å². The summed E-state index contributed by atoms with van der Waals surface area (Å²) in [5.41, 5.74) is 1.94. The van der Waals surface area contributed by atoms with Crippen molar-refractivity contribution >= 4 is 28.9 Å². The second kappa shape index (κ2) is 8.43. The molecule has 5 nitrogen and oxygen atoms in total. The molecule has 6 heteroatoms. The van der Waals surface area contributed by atoms with E-state index in [1.165, 1.54) is 5.69 Å². The van der Waals surface area contributed by atoms with Gasteiger partial charge in [0.25, 0.3) is 5.91 Å². The van der Waals surface area contributed by atoms with Crippen molar-refractivity contribution in [2.45, 2.75) is 13.0 Å². The highest BCUT2D eigenvalue weighted by molar-refractivity contribution is 6.30. The predicted molar refractivity (Wildman–Crippen MR) is 106 cm³/mol. The Morgan fingerprint density at radius 3 is 2.46 bits per heavy atom. The van der Waals surface area contributed by atoms with Crippen molar-refractivity contribution < 1.29 is 9.53 Å². The van der Waals surface area contributed by atoms with Gasteiger partial charge in [-0.1, -0.05) is 17.7 Å². The van der Waals surface area contributed by atoms with Gasteiger partial charge >= 0.3 is 0 Å². The number of halogens is 1. The SMILES string of the molecule is CC(Oc1cccc(Cl)c1)C(=O)Nc1ccc(N2CCN(C)CC2)cc1. The zero-order valence-corrected chi connectivity index (χ0v) is 15.9. The number of amides is 1. The lowest BCUT2D eigenvalue weighted by molar-refractivity contribution is -0.122. The molecule has 0 radical (unpaired) electrons. The quantitative estimate of drug-likeness (QED) is 0.871. The van der Waals surface area contributed by atoms with Crippen LogP contribution in [0.5, 0.6) is 5.75 Å². The number of benzene rings is 2. The summed E-state index contributed by atoms with van der Waals surface area (Å²) in [4.78, 5) is 17.0. The molecule has 0 saturated carbocycles. The molecule has 2 aromatic rings. The van der Waals surface area contributed by atoms with Gasteiger partial charge in [0.2, 0.25) is 0 Å². The molecule has 26 heavy (non-hydrogen) atoms.